The van der Waals surface area contributed by atoms with Crippen molar-refractivity contribution in [2.24, 2.45) is 0 Å². The van der Waals surface area contributed by atoms with Crippen molar-refractivity contribution in [3.8, 4) is 0 Å². The molecule has 106 valence electrons. The Balaban J connectivity index is 2.43. The molecule has 0 aliphatic heterocycles. The van der Waals surface area contributed by atoms with Crippen LogP contribution in [0, 0.1) is 18.6 Å². The Kier molecular flexibility index (Phi) is 3.63. The van der Waals surface area contributed by atoms with E-state index in [2.05, 4.69) is 4.72 Å². The number of aryl methyl sites for hydroxylation is 1. The molecular formula is C13H12F2N2O2S. The summed E-state index contributed by atoms with van der Waals surface area (Å²) in [5, 5.41) is 0. The maximum atomic E-state index is 13.2. The number of nitrogen functional groups attached to an aromatic ring is 1. The van der Waals surface area contributed by atoms with Gasteiger partial charge < -0.3 is 5.73 Å². The highest BCUT2D eigenvalue weighted by Crippen LogP contribution is 2.23. The number of nitrogens with one attached hydrogen (secondary N) is 1. The summed E-state index contributed by atoms with van der Waals surface area (Å²) in [5.41, 5.74) is 6.04. The molecule has 0 aliphatic carbocycles. The van der Waals surface area contributed by atoms with Crippen molar-refractivity contribution < 1.29 is 17.2 Å². The van der Waals surface area contributed by atoms with Gasteiger partial charge in [-0.15, -0.1) is 0 Å². The van der Waals surface area contributed by atoms with Crippen LogP contribution in [0.15, 0.2) is 41.3 Å². The minimum absolute atomic E-state index is 0.0474. The Labute approximate surface area is 115 Å². The number of hydrogen-bond acceptors (Lipinski definition) is 3. The fourth-order valence-electron chi connectivity index (χ4n) is 1.75. The third kappa shape index (κ3) is 3.05. The molecule has 0 aromatic heterocycles. The summed E-state index contributed by atoms with van der Waals surface area (Å²) < 4.78 is 52.8. The summed E-state index contributed by atoms with van der Waals surface area (Å²) in [5.74, 6) is -1.30. The lowest BCUT2D eigenvalue weighted by atomic mass is 10.2. The Morgan fingerprint density at radius 2 is 1.75 bits per heavy atom. The first-order chi connectivity index (χ1) is 9.28. The lowest BCUT2D eigenvalue weighted by Gasteiger charge is -2.11. The van der Waals surface area contributed by atoms with Gasteiger partial charge in [0.15, 0.2) is 0 Å². The zero-order chi connectivity index (χ0) is 14.9. The molecule has 2 rings (SSSR count). The van der Waals surface area contributed by atoms with Crippen LogP contribution in [0.1, 0.15) is 5.56 Å². The molecule has 3 N–H and O–H groups in total. The number of anilines is 2. The number of nitrogens with two attached hydrogens (primary N) is 1. The molecule has 20 heavy (non-hydrogen) atoms. The van der Waals surface area contributed by atoms with Gasteiger partial charge in [0.2, 0.25) is 0 Å². The molecule has 0 fully saturated rings. The molecule has 0 radical (unpaired) electrons. The molecular weight excluding hydrogens is 286 g/mol. The molecule has 2 aromatic carbocycles. The van der Waals surface area contributed by atoms with Crippen LogP contribution in [0.2, 0.25) is 0 Å². The van der Waals surface area contributed by atoms with Crippen LogP contribution in [0.5, 0.6) is 0 Å². The normalized spacial score (nSPS) is 11.3. The van der Waals surface area contributed by atoms with Crippen LogP contribution < -0.4 is 10.5 Å². The Hall–Kier alpha value is -2.15. The van der Waals surface area contributed by atoms with Gasteiger partial charge in [-0.05, 0) is 48.9 Å². The van der Waals surface area contributed by atoms with Crippen LogP contribution in [0.4, 0.5) is 20.2 Å². The fraction of sp³-hybridized carbons (Fsp3) is 0.0769. The second-order valence-corrected chi connectivity index (χ2v) is 5.96. The minimum Gasteiger partial charge on any atom is -0.398 e. The fourth-order valence-corrected chi connectivity index (χ4v) is 2.93. The van der Waals surface area contributed by atoms with Crippen molar-refractivity contribution >= 4 is 21.4 Å². The molecule has 0 unspecified atom stereocenters. The SMILES string of the molecule is Cc1cc(F)cc(NS(=O)(=O)c2cc(F)ccc2N)c1. The van der Waals surface area contributed by atoms with E-state index in [4.69, 9.17) is 5.73 Å². The van der Waals surface area contributed by atoms with E-state index in [1.54, 1.807) is 6.92 Å². The van der Waals surface area contributed by atoms with Gasteiger partial charge in [-0.2, -0.15) is 0 Å². The van der Waals surface area contributed by atoms with Gasteiger partial charge in [-0.25, -0.2) is 17.2 Å². The maximum Gasteiger partial charge on any atom is 0.264 e. The summed E-state index contributed by atoms with van der Waals surface area (Å²) in [7, 11) is -4.08. The highest BCUT2D eigenvalue weighted by molar-refractivity contribution is 7.92. The number of sulfonamides is 1. The summed E-state index contributed by atoms with van der Waals surface area (Å²) in [4.78, 5) is -0.389. The van der Waals surface area contributed by atoms with E-state index < -0.39 is 21.7 Å². The van der Waals surface area contributed by atoms with Gasteiger partial charge >= 0.3 is 0 Å². The summed E-state index contributed by atoms with van der Waals surface area (Å²) in [6.07, 6.45) is 0. The van der Waals surface area contributed by atoms with Crippen LogP contribution in [-0.2, 0) is 10.0 Å². The Morgan fingerprint density at radius 1 is 1.05 bits per heavy atom. The molecule has 7 heteroatoms. The van der Waals surface area contributed by atoms with Crippen molar-refractivity contribution in [2.45, 2.75) is 11.8 Å². The molecule has 0 saturated carbocycles. The van der Waals surface area contributed by atoms with Gasteiger partial charge in [0.05, 0.1) is 11.4 Å². The second kappa shape index (κ2) is 5.09. The minimum atomic E-state index is -4.08. The Morgan fingerprint density at radius 3 is 2.40 bits per heavy atom. The van der Waals surface area contributed by atoms with Gasteiger partial charge in [-0.1, -0.05) is 0 Å². The standard InChI is InChI=1S/C13H12F2N2O2S/c1-8-4-10(15)6-11(5-8)17-20(18,19)13-7-9(14)2-3-12(13)16/h2-7,17H,16H2,1H3. The van der Waals surface area contributed by atoms with Crippen molar-refractivity contribution in [2.75, 3.05) is 10.5 Å². The first-order valence-electron chi connectivity index (χ1n) is 5.63. The van der Waals surface area contributed by atoms with E-state index in [1.165, 1.54) is 12.1 Å². The van der Waals surface area contributed by atoms with Crippen molar-refractivity contribution in [1.29, 1.82) is 0 Å². The summed E-state index contributed by atoms with van der Waals surface area (Å²) >= 11 is 0. The average Bonchev–Trinajstić information content (AvgIpc) is 2.30. The highest BCUT2D eigenvalue weighted by atomic mass is 32.2. The predicted molar refractivity (Wildman–Crippen MR) is 72.8 cm³/mol. The van der Waals surface area contributed by atoms with Crippen LogP contribution in [0.3, 0.4) is 0 Å². The summed E-state index contributed by atoms with van der Waals surface area (Å²) in [6.45, 7) is 1.62. The molecule has 0 saturated heterocycles. The molecule has 4 nitrogen and oxygen atoms in total. The molecule has 0 aliphatic rings. The smallest absolute Gasteiger partial charge is 0.264 e. The molecule has 0 bridgehead atoms. The van der Waals surface area contributed by atoms with E-state index in [9.17, 15) is 17.2 Å². The average molecular weight is 298 g/mol. The number of halogens is 2. The highest BCUT2D eigenvalue weighted by Gasteiger charge is 2.18. The monoisotopic (exact) mass is 298 g/mol. The van der Waals surface area contributed by atoms with Gasteiger partial charge in [0.25, 0.3) is 10.0 Å². The van der Waals surface area contributed by atoms with E-state index in [1.807, 2.05) is 0 Å². The third-order valence-corrected chi connectivity index (χ3v) is 4.00. The largest absolute Gasteiger partial charge is 0.398 e. The van der Waals surface area contributed by atoms with Crippen LogP contribution >= 0.6 is 0 Å². The topological polar surface area (TPSA) is 72.2 Å². The zero-order valence-electron chi connectivity index (χ0n) is 10.5. The maximum absolute atomic E-state index is 13.2. The van der Waals surface area contributed by atoms with Crippen LogP contribution in [0.25, 0.3) is 0 Å². The van der Waals surface area contributed by atoms with Crippen molar-refractivity contribution in [3.05, 3.63) is 53.6 Å². The number of hydrogen-bond donors (Lipinski definition) is 2. The van der Waals surface area contributed by atoms with Crippen molar-refractivity contribution in [3.63, 3.8) is 0 Å². The zero-order valence-corrected chi connectivity index (χ0v) is 11.3. The van der Waals surface area contributed by atoms with Crippen LogP contribution in [-0.4, -0.2) is 8.42 Å². The van der Waals surface area contributed by atoms with E-state index >= 15 is 0 Å². The van der Waals surface area contributed by atoms with E-state index in [0.29, 0.717) is 5.56 Å². The van der Waals surface area contributed by atoms with Crippen molar-refractivity contribution in [1.82, 2.24) is 0 Å². The quantitative estimate of drug-likeness (QED) is 0.856. The molecule has 2 aromatic rings. The summed E-state index contributed by atoms with van der Waals surface area (Å²) in [6, 6.07) is 6.76. The van der Waals surface area contributed by atoms with Gasteiger partial charge in [0, 0.05) is 0 Å². The first-order valence-corrected chi connectivity index (χ1v) is 7.11. The predicted octanol–water partition coefficient (Wildman–Crippen LogP) is 2.66. The lowest BCUT2D eigenvalue weighted by Crippen LogP contribution is -2.15. The lowest BCUT2D eigenvalue weighted by molar-refractivity contribution is 0.596. The second-order valence-electron chi connectivity index (χ2n) is 4.30. The Bertz CT molecular complexity index is 741. The molecule has 0 amide bonds. The van der Waals surface area contributed by atoms with Gasteiger partial charge in [-0.3, -0.25) is 4.72 Å². The molecule has 0 heterocycles. The number of rotatable bonds is 3. The van der Waals surface area contributed by atoms with E-state index in [-0.39, 0.29) is 16.3 Å². The first kappa shape index (κ1) is 14.3. The third-order valence-electron chi connectivity index (χ3n) is 2.56. The molecule has 0 spiro atoms. The van der Waals surface area contributed by atoms with E-state index in [0.717, 1.165) is 24.3 Å². The molecule has 0 atom stereocenters. The van der Waals surface area contributed by atoms with Gasteiger partial charge in [0.1, 0.15) is 16.5 Å². The number of benzene rings is 2.